The van der Waals surface area contributed by atoms with Crippen LogP contribution in [0.5, 0.6) is 0 Å². The first-order valence-corrected chi connectivity index (χ1v) is 12.4. The number of hydrazone groups is 1. The molecule has 31 heavy (non-hydrogen) atoms. The van der Waals surface area contributed by atoms with E-state index in [0.29, 0.717) is 13.0 Å². The highest BCUT2D eigenvalue weighted by atomic mass is 32.1. The minimum Gasteiger partial charge on any atom is -0.463 e. The van der Waals surface area contributed by atoms with Crippen molar-refractivity contribution in [1.82, 2.24) is 9.91 Å². The third kappa shape index (κ3) is 4.82. The number of hydrogen-bond acceptors (Lipinski definition) is 7. The van der Waals surface area contributed by atoms with Gasteiger partial charge >= 0.3 is 0 Å². The van der Waals surface area contributed by atoms with Gasteiger partial charge in [0.2, 0.25) is 0 Å². The molecule has 5 heterocycles. The summed E-state index contributed by atoms with van der Waals surface area (Å²) < 4.78 is 11.4. The fraction of sp³-hybridized carbons (Fsp3) is 0.391. The number of carbonyl (C=O) groups is 1. The van der Waals surface area contributed by atoms with Crippen LogP contribution in [0.15, 0.2) is 62.9 Å². The van der Waals surface area contributed by atoms with Crippen molar-refractivity contribution in [3.63, 3.8) is 0 Å². The van der Waals surface area contributed by atoms with Crippen LogP contribution < -0.4 is 0 Å². The van der Waals surface area contributed by atoms with Crippen LogP contribution in [0.3, 0.4) is 0 Å². The maximum Gasteiger partial charge on any atom is 0.257 e. The lowest BCUT2D eigenvalue weighted by atomic mass is 10.1. The monoisotopic (exact) mass is 455 g/mol. The molecule has 162 valence electrons. The van der Waals surface area contributed by atoms with Gasteiger partial charge in [-0.2, -0.15) is 5.10 Å². The van der Waals surface area contributed by atoms with E-state index in [4.69, 9.17) is 14.3 Å². The summed E-state index contributed by atoms with van der Waals surface area (Å²) >= 11 is 3.38. The summed E-state index contributed by atoms with van der Waals surface area (Å²) in [5.74, 6) is 0.737. The van der Waals surface area contributed by atoms with Crippen LogP contribution in [-0.2, 0) is 16.1 Å². The Bertz CT molecular complexity index is 993. The zero-order valence-corrected chi connectivity index (χ0v) is 18.8. The molecule has 0 radical (unpaired) electrons. The molecule has 0 unspecified atom stereocenters. The first kappa shape index (κ1) is 20.6. The molecule has 1 amide bonds. The Kier molecular flexibility index (Phi) is 6.31. The minimum atomic E-state index is -0.0843. The number of rotatable bonds is 8. The van der Waals surface area contributed by atoms with E-state index in [1.54, 1.807) is 33.9 Å². The quantitative estimate of drug-likeness (QED) is 0.491. The number of amides is 1. The molecule has 6 nitrogen and oxygen atoms in total. The number of hydrogen-bond donors (Lipinski definition) is 0. The summed E-state index contributed by atoms with van der Waals surface area (Å²) in [7, 11) is 0. The van der Waals surface area contributed by atoms with Crippen LogP contribution in [0.2, 0.25) is 0 Å². The van der Waals surface area contributed by atoms with Crippen LogP contribution in [0.1, 0.15) is 40.8 Å². The fourth-order valence-corrected chi connectivity index (χ4v) is 5.74. The molecule has 0 aliphatic carbocycles. The Labute approximate surface area is 189 Å². The predicted octanol–water partition coefficient (Wildman–Crippen LogP) is 4.76. The lowest BCUT2D eigenvalue weighted by Gasteiger charge is -2.27. The van der Waals surface area contributed by atoms with Gasteiger partial charge in [-0.3, -0.25) is 9.69 Å². The van der Waals surface area contributed by atoms with Crippen molar-refractivity contribution in [2.45, 2.75) is 38.0 Å². The lowest BCUT2D eigenvalue weighted by Crippen LogP contribution is -2.40. The van der Waals surface area contributed by atoms with Crippen molar-refractivity contribution < 1.29 is 13.9 Å². The van der Waals surface area contributed by atoms with Gasteiger partial charge in [-0.15, -0.1) is 22.7 Å². The van der Waals surface area contributed by atoms with Gasteiger partial charge in [0, 0.05) is 35.9 Å². The first-order valence-electron chi connectivity index (χ1n) is 10.6. The lowest BCUT2D eigenvalue weighted by molar-refractivity contribution is -0.134. The molecule has 1 saturated heterocycles. The molecule has 2 aliphatic rings. The van der Waals surface area contributed by atoms with Gasteiger partial charge < -0.3 is 9.15 Å². The number of ether oxygens (including phenoxy) is 1. The molecular formula is C23H25N3O3S2. The Balaban J connectivity index is 1.35. The highest BCUT2D eigenvalue weighted by Crippen LogP contribution is 2.35. The summed E-state index contributed by atoms with van der Waals surface area (Å²) in [5.41, 5.74) is 0.820. The van der Waals surface area contributed by atoms with Gasteiger partial charge in [0.05, 0.1) is 25.0 Å². The average Bonchev–Trinajstić information content (AvgIpc) is 3.59. The van der Waals surface area contributed by atoms with E-state index in [1.165, 1.54) is 4.88 Å². The highest BCUT2D eigenvalue weighted by Gasteiger charge is 2.35. The van der Waals surface area contributed by atoms with Gasteiger partial charge in [0.25, 0.3) is 5.91 Å². The Morgan fingerprint density at radius 2 is 2.10 bits per heavy atom. The molecule has 8 heteroatoms. The topological polar surface area (TPSA) is 58.3 Å². The SMILES string of the molecule is O=C(CN(Cc1cccs1)C[C@@H]1CCCO1)N1N=C(c2ccco2)C[C@H]1c1cccs1. The van der Waals surface area contributed by atoms with Crippen LogP contribution in [0.25, 0.3) is 0 Å². The molecule has 2 aliphatic heterocycles. The summed E-state index contributed by atoms with van der Waals surface area (Å²) in [4.78, 5) is 18.1. The van der Waals surface area contributed by atoms with Crippen molar-refractivity contribution in [3.05, 3.63) is 68.9 Å². The Morgan fingerprint density at radius 1 is 1.19 bits per heavy atom. The number of nitrogens with zero attached hydrogens (tertiary/aromatic N) is 3. The van der Waals surface area contributed by atoms with Crippen LogP contribution in [0, 0.1) is 0 Å². The number of thiophene rings is 2. The van der Waals surface area contributed by atoms with Gasteiger partial charge in [0.15, 0.2) is 0 Å². The molecule has 3 aromatic rings. The molecule has 0 saturated carbocycles. The van der Waals surface area contributed by atoms with E-state index in [2.05, 4.69) is 28.5 Å². The zero-order valence-electron chi connectivity index (χ0n) is 17.2. The van der Waals surface area contributed by atoms with E-state index < -0.39 is 0 Å². The van der Waals surface area contributed by atoms with Gasteiger partial charge in [-0.25, -0.2) is 5.01 Å². The maximum absolute atomic E-state index is 13.5. The van der Waals surface area contributed by atoms with E-state index in [-0.39, 0.29) is 18.1 Å². The molecule has 0 N–H and O–H groups in total. The van der Waals surface area contributed by atoms with Crippen molar-refractivity contribution in [1.29, 1.82) is 0 Å². The molecule has 0 spiro atoms. The molecule has 2 atom stereocenters. The Morgan fingerprint density at radius 3 is 2.81 bits per heavy atom. The van der Waals surface area contributed by atoms with E-state index in [9.17, 15) is 4.79 Å². The summed E-state index contributed by atoms with van der Waals surface area (Å²) in [5, 5.41) is 10.5. The summed E-state index contributed by atoms with van der Waals surface area (Å²) in [6.07, 6.45) is 4.65. The highest BCUT2D eigenvalue weighted by molar-refractivity contribution is 7.10. The maximum atomic E-state index is 13.5. The van der Waals surface area contributed by atoms with Crippen LogP contribution in [0.4, 0.5) is 0 Å². The van der Waals surface area contributed by atoms with Crippen molar-refractivity contribution >= 4 is 34.3 Å². The van der Waals surface area contributed by atoms with E-state index >= 15 is 0 Å². The molecule has 0 bridgehead atoms. The first-order chi connectivity index (χ1) is 15.3. The van der Waals surface area contributed by atoms with Crippen LogP contribution >= 0.6 is 22.7 Å². The van der Waals surface area contributed by atoms with Crippen molar-refractivity contribution in [2.24, 2.45) is 5.10 Å². The smallest absolute Gasteiger partial charge is 0.257 e. The normalized spacial score (nSPS) is 21.2. The number of furan rings is 1. The molecular weight excluding hydrogens is 430 g/mol. The van der Waals surface area contributed by atoms with E-state index in [1.807, 2.05) is 23.6 Å². The molecule has 0 aromatic carbocycles. The van der Waals surface area contributed by atoms with Gasteiger partial charge in [-0.05, 0) is 47.9 Å². The fourth-order valence-electron chi connectivity index (χ4n) is 4.18. The van der Waals surface area contributed by atoms with Crippen molar-refractivity contribution in [2.75, 3.05) is 19.7 Å². The molecule has 5 rings (SSSR count). The van der Waals surface area contributed by atoms with E-state index in [0.717, 1.165) is 48.9 Å². The molecule has 3 aromatic heterocycles. The largest absolute Gasteiger partial charge is 0.463 e. The summed E-state index contributed by atoms with van der Waals surface area (Å²) in [6.45, 7) is 2.63. The predicted molar refractivity (Wildman–Crippen MR) is 122 cm³/mol. The Hall–Kier alpha value is -2.26. The minimum absolute atomic E-state index is 0.00880. The summed E-state index contributed by atoms with van der Waals surface area (Å²) in [6, 6.07) is 11.9. The average molecular weight is 456 g/mol. The zero-order chi connectivity index (χ0) is 21.0. The second-order valence-corrected chi connectivity index (χ2v) is 9.89. The van der Waals surface area contributed by atoms with Crippen molar-refractivity contribution in [3.8, 4) is 0 Å². The van der Waals surface area contributed by atoms with Gasteiger partial charge in [0.1, 0.15) is 11.5 Å². The third-order valence-corrected chi connectivity index (χ3v) is 7.48. The third-order valence-electron chi connectivity index (χ3n) is 5.65. The van der Waals surface area contributed by atoms with Gasteiger partial charge in [-0.1, -0.05) is 12.1 Å². The second-order valence-electron chi connectivity index (χ2n) is 7.88. The standard InChI is InChI=1S/C23H25N3O3S2/c27-23(16-25(14-17-5-1-9-28-17)15-18-6-3-11-30-18)26-20(22-8-4-12-31-22)13-19(24-26)21-7-2-10-29-21/h2-4,6-8,10-12,17,20H,1,5,9,13-16H2/t17-,20-/m0/s1. The second kappa shape index (κ2) is 9.48. The molecule has 1 fully saturated rings. The number of carbonyl (C=O) groups excluding carboxylic acids is 1. The van der Waals surface area contributed by atoms with Crippen LogP contribution in [-0.4, -0.2) is 47.3 Å².